The van der Waals surface area contributed by atoms with Gasteiger partial charge in [-0.15, -0.1) is 6.58 Å². The Balaban J connectivity index is 5.41. The van der Waals surface area contributed by atoms with Crippen molar-refractivity contribution in [3.63, 3.8) is 0 Å². The topological polar surface area (TPSA) is 55.4 Å². The molecule has 0 aromatic rings. The lowest BCUT2D eigenvalue weighted by atomic mass is 9.95. The first-order valence-corrected chi connectivity index (χ1v) is 5.07. The van der Waals surface area contributed by atoms with E-state index >= 15 is 0 Å². The average molecular weight is 289 g/mol. The van der Waals surface area contributed by atoms with Gasteiger partial charge in [-0.2, -0.15) is 13.2 Å². The molecule has 0 aliphatic rings. The van der Waals surface area contributed by atoms with Gasteiger partial charge in [-0.3, -0.25) is 4.79 Å². The summed E-state index contributed by atoms with van der Waals surface area (Å²) in [7, 11) is 0. The van der Waals surface area contributed by atoms with Crippen LogP contribution in [0.4, 0.5) is 22.0 Å². The van der Waals surface area contributed by atoms with Crippen molar-refractivity contribution < 1.29 is 36.3 Å². The highest BCUT2D eigenvalue weighted by molar-refractivity contribution is 5.91. The number of amides is 1. The molecule has 1 N–H and O–H groups in total. The first-order valence-electron chi connectivity index (χ1n) is 5.07. The van der Waals surface area contributed by atoms with Crippen LogP contribution in [0.2, 0.25) is 0 Å². The van der Waals surface area contributed by atoms with E-state index in [1.54, 1.807) is 0 Å². The Morgan fingerprint density at radius 3 is 2.21 bits per heavy atom. The molecule has 0 aromatic heterocycles. The summed E-state index contributed by atoms with van der Waals surface area (Å²) >= 11 is 0. The van der Waals surface area contributed by atoms with E-state index in [1.807, 2.05) is 0 Å². The molecule has 0 heterocycles. The molecule has 1 unspecified atom stereocenters. The largest absolute Gasteiger partial charge is 0.471 e. The van der Waals surface area contributed by atoms with Gasteiger partial charge in [-0.05, 0) is 6.92 Å². The Hall–Kier alpha value is -1.67. The van der Waals surface area contributed by atoms with E-state index in [0.717, 1.165) is 11.4 Å². The maximum absolute atomic E-state index is 12.9. The molecule has 0 rings (SSSR count). The number of nitrogens with one attached hydrogen (secondary N) is 1. The summed E-state index contributed by atoms with van der Waals surface area (Å²) < 4.78 is 66.4. The van der Waals surface area contributed by atoms with Crippen molar-refractivity contribution >= 4 is 11.9 Å². The SMILES string of the molecule is C=CCC(NC(=O)C(F)(F)F)(C(=O)OCC)C(F)F. The first-order chi connectivity index (χ1) is 8.61. The van der Waals surface area contributed by atoms with E-state index in [9.17, 15) is 31.5 Å². The monoisotopic (exact) mass is 289 g/mol. The maximum atomic E-state index is 12.9. The molecule has 110 valence electrons. The smallest absolute Gasteiger partial charge is 0.464 e. The van der Waals surface area contributed by atoms with Gasteiger partial charge in [0.2, 0.25) is 5.54 Å². The number of hydrogen-bond donors (Lipinski definition) is 1. The minimum Gasteiger partial charge on any atom is -0.464 e. The van der Waals surface area contributed by atoms with E-state index in [4.69, 9.17) is 0 Å². The molecule has 0 saturated carbocycles. The summed E-state index contributed by atoms with van der Waals surface area (Å²) in [4.78, 5) is 22.2. The number of halogens is 5. The predicted molar refractivity (Wildman–Crippen MR) is 54.4 cm³/mol. The molecule has 0 spiro atoms. The van der Waals surface area contributed by atoms with Crippen molar-refractivity contribution in [1.29, 1.82) is 0 Å². The molecule has 0 radical (unpaired) electrons. The summed E-state index contributed by atoms with van der Waals surface area (Å²) in [5.74, 6) is -4.30. The molecule has 0 bridgehead atoms. The lowest BCUT2D eigenvalue weighted by Crippen LogP contribution is -2.62. The van der Waals surface area contributed by atoms with Crippen LogP contribution < -0.4 is 5.32 Å². The third-order valence-corrected chi connectivity index (χ3v) is 2.07. The molecule has 1 amide bonds. The van der Waals surface area contributed by atoms with Gasteiger partial charge >= 0.3 is 18.1 Å². The van der Waals surface area contributed by atoms with Crippen LogP contribution in [0, 0.1) is 0 Å². The van der Waals surface area contributed by atoms with Crippen LogP contribution in [0.3, 0.4) is 0 Å². The summed E-state index contributed by atoms with van der Waals surface area (Å²) in [6.07, 6.45) is -9.09. The van der Waals surface area contributed by atoms with Gasteiger partial charge in [0, 0.05) is 6.42 Å². The fourth-order valence-corrected chi connectivity index (χ4v) is 1.18. The number of hydrogen-bond acceptors (Lipinski definition) is 3. The fraction of sp³-hybridized carbons (Fsp3) is 0.600. The lowest BCUT2D eigenvalue weighted by Gasteiger charge is -2.30. The molecule has 0 aromatic carbocycles. The van der Waals surface area contributed by atoms with Crippen LogP contribution in [0.5, 0.6) is 0 Å². The summed E-state index contributed by atoms with van der Waals surface area (Å²) in [5.41, 5.74) is -3.09. The standard InChI is InChI=1S/C10H12F5NO3/c1-3-5-9(6(11)12,8(18)19-4-2)16-7(17)10(13,14)15/h3,6H,1,4-5H2,2H3,(H,16,17). The minimum absolute atomic E-state index is 0.327. The molecule has 0 aliphatic carbocycles. The Morgan fingerprint density at radius 1 is 1.37 bits per heavy atom. The second-order valence-corrected chi connectivity index (χ2v) is 3.44. The maximum Gasteiger partial charge on any atom is 0.471 e. The Morgan fingerprint density at radius 2 is 1.89 bits per heavy atom. The molecule has 4 nitrogen and oxygen atoms in total. The molecule has 0 saturated heterocycles. The van der Waals surface area contributed by atoms with Crippen molar-refractivity contribution in [1.82, 2.24) is 5.32 Å². The summed E-state index contributed by atoms with van der Waals surface area (Å²) in [6.45, 7) is 4.02. The van der Waals surface area contributed by atoms with Crippen LogP contribution in [-0.4, -0.2) is 36.6 Å². The quantitative estimate of drug-likeness (QED) is 0.461. The predicted octanol–water partition coefficient (Wildman–Crippen LogP) is 1.81. The number of carbonyl (C=O) groups excluding carboxylic acids is 2. The van der Waals surface area contributed by atoms with Gasteiger partial charge in [-0.1, -0.05) is 6.08 Å². The lowest BCUT2D eigenvalue weighted by molar-refractivity contribution is -0.182. The van der Waals surface area contributed by atoms with Crippen molar-refractivity contribution in [2.24, 2.45) is 0 Å². The molecule has 9 heteroatoms. The van der Waals surface area contributed by atoms with E-state index in [2.05, 4.69) is 11.3 Å². The number of carbonyl (C=O) groups is 2. The molecule has 19 heavy (non-hydrogen) atoms. The second-order valence-electron chi connectivity index (χ2n) is 3.44. The zero-order valence-electron chi connectivity index (χ0n) is 9.89. The molecular formula is C10H12F5NO3. The van der Waals surface area contributed by atoms with Crippen LogP contribution in [0.25, 0.3) is 0 Å². The highest BCUT2D eigenvalue weighted by Crippen LogP contribution is 2.25. The van der Waals surface area contributed by atoms with Gasteiger partial charge in [0.05, 0.1) is 6.61 Å². The highest BCUT2D eigenvalue weighted by atomic mass is 19.4. The van der Waals surface area contributed by atoms with Crippen LogP contribution in [0.1, 0.15) is 13.3 Å². The van der Waals surface area contributed by atoms with Crippen molar-refractivity contribution in [2.75, 3.05) is 6.61 Å². The number of esters is 1. The second kappa shape index (κ2) is 6.48. The minimum atomic E-state index is -5.40. The van der Waals surface area contributed by atoms with E-state index in [-0.39, 0.29) is 6.61 Å². The molecular weight excluding hydrogens is 277 g/mol. The normalized spacial score (nSPS) is 14.7. The third kappa shape index (κ3) is 4.18. The summed E-state index contributed by atoms with van der Waals surface area (Å²) in [5, 5.41) is 0.996. The third-order valence-electron chi connectivity index (χ3n) is 2.07. The Kier molecular flexibility index (Phi) is 5.91. The van der Waals surface area contributed by atoms with E-state index in [1.165, 1.54) is 6.92 Å². The van der Waals surface area contributed by atoms with Gasteiger partial charge in [0.1, 0.15) is 0 Å². The van der Waals surface area contributed by atoms with Gasteiger partial charge in [0.15, 0.2) is 0 Å². The Bertz CT molecular complexity index is 356. The van der Waals surface area contributed by atoms with Crippen molar-refractivity contribution in [3.8, 4) is 0 Å². The van der Waals surface area contributed by atoms with Gasteiger partial charge < -0.3 is 10.1 Å². The highest BCUT2D eigenvalue weighted by Gasteiger charge is 2.53. The van der Waals surface area contributed by atoms with E-state index in [0.29, 0.717) is 0 Å². The zero-order valence-corrected chi connectivity index (χ0v) is 9.89. The van der Waals surface area contributed by atoms with E-state index < -0.39 is 36.4 Å². The van der Waals surface area contributed by atoms with Crippen LogP contribution in [0.15, 0.2) is 12.7 Å². The fourth-order valence-electron chi connectivity index (χ4n) is 1.18. The zero-order chi connectivity index (χ0) is 15.3. The number of alkyl halides is 5. The van der Waals surface area contributed by atoms with Crippen molar-refractivity contribution in [2.45, 2.75) is 31.5 Å². The van der Waals surface area contributed by atoms with Crippen LogP contribution in [-0.2, 0) is 14.3 Å². The molecule has 1 atom stereocenters. The number of ether oxygens (including phenoxy) is 1. The van der Waals surface area contributed by atoms with Gasteiger partial charge in [0.25, 0.3) is 6.43 Å². The van der Waals surface area contributed by atoms with Crippen molar-refractivity contribution in [3.05, 3.63) is 12.7 Å². The van der Waals surface area contributed by atoms with Gasteiger partial charge in [-0.25, -0.2) is 13.6 Å². The molecule has 0 aliphatic heterocycles. The Labute approximate surface area is 105 Å². The summed E-state index contributed by atoms with van der Waals surface area (Å²) in [6, 6.07) is 0. The van der Waals surface area contributed by atoms with Crippen LogP contribution >= 0.6 is 0 Å². The number of rotatable bonds is 6. The first kappa shape index (κ1) is 17.3. The molecule has 0 fully saturated rings. The average Bonchev–Trinajstić information content (AvgIpc) is 2.26.